The zero-order valence-electron chi connectivity index (χ0n) is 19.1. The molecule has 0 aromatic heterocycles. The van der Waals surface area contributed by atoms with E-state index in [9.17, 15) is 18.0 Å². The van der Waals surface area contributed by atoms with Crippen LogP contribution in [-0.2, 0) is 16.4 Å². The first-order chi connectivity index (χ1) is 16.8. The molecule has 5 rings (SSSR count). The van der Waals surface area contributed by atoms with Gasteiger partial charge in [-0.05, 0) is 65.6 Å². The maximum absolute atomic E-state index is 13.3. The molecule has 35 heavy (non-hydrogen) atoms. The van der Waals surface area contributed by atoms with E-state index < -0.39 is 15.9 Å². The molecule has 1 N–H and O–H groups in total. The summed E-state index contributed by atoms with van der Waals surface area (Å²) >= 11 is 0. The number of sulfonamides is 1. The van der Waals surface area contributed by atoms with E-state index in [2.05, 4.69) is 10.8 Å². The van der Waals surface area contributed by atoms with Crippen LogP contribution in [0.5, 0.6) is 0 Å². The highest BCUT2D eigenvalue weighted by atomic mass is 32.2. The molecule has 0 bridgehead atoms. The van der Waals surface area contributed by atoms with E-state index in [0.717, 1.165) is 22.8 Å². The molecule has 4 aromatic carbocycles. The van der Waals surface area contributed by atoms with E-state index in [1.54, 1.807) is 23.1 Å². The second kappa shape index (κ2) is 9.00. The molecule has 1 unspecified atom stereocenters. The molecule has 176 valence electrons. The van der Waals surface area contributed by atoms with Crippen LogP contribution in [0, 0.1) is 0 Å². The number of amides is 2. The highest BCUT2D eigenvalue weighted by Crippen LogP contribution is 2.30. The molecule has 1 atom stereocenters. The SMILES string of the molecule is CC1c2ccccc2CCN1C(=O)c1cccc(C(=O)NS(=O)(=O)c2ccc3ccccc3c2)c1. The van der Waals surface area contributed by atoms with Crippen LogP contribution >= 0.6 is 0 Å². The Kier molecular flexibility index (Phi) is 5.86. The molecule has 0 spiro atoms. The highest BCUT2D eigenvalue weighted by Gasteiger charge is 2.28. The van der Waals surface area contributed by atoms with Gasteiger partial charge in [-0.3, -0.25) is 9.59 Å². The number of hydrogen-bond donors (Lipinski definition) is 1. The summed E-state index contributed by atoms with van der Waals surface area (Å²) < 4.78 is 27.9. The molecule has 0 aliphatic carbocycles. The van der Waals surface area contributed by atoms with Gasteiger partial charge in [-0.25, -0.2) is 13.1 Å². The largest absolute Gasteiger partial charge is 0.332 e. The summed E-state index contributed by atoms with van der Waals surface area (Å²) in [6.45, 7) is 2.56. The average Bonchev–Trinajstić information content (AvgIpc) is 2.88. The van der Waals surface area contributed by atoms with Crippen LogP contribution in [0.2, 0.25) is 0 Å². The van der Waals surface area contributed by atoms with Gasteiger partial charge >= 0.3 is 0 Å². The molecule has 4 aromatic rings. The van der Waals surface area contributed by atoms with E-state index in [1.165, 1.54) is 29.8 Å². The minimum atomic E-state index is -4.09. The van der Waals surface area contributed by atoms with Crippen LogP contribution in [-0.4, -0.2) is 31.7 Å². The van der Waals surface area contributed by atoms with Crippen LogP contribution < -0.4 is 4.72 Å². The van der Waals surface area contributed by atoms with Gasteiger partial charge in [0.05, 0.1) is 10.9 Å². The summed E-state index contributed by atoms with van der Waals surface area (Å²) in [5, 5.41) is 1.66. The number of benzene rings is 4. The molecule has 1 aliphatic heterocycles. The fourth-order valence-corrected chi connectivity index (χ4v) is 5.59. The minimum Gasteiger partial charge on any atom is -0.332 e. The van der Waals surface area contributed by atoms with Crippen molar-refractivity contribution in [2.24, 2.45) is 0 Å². The van der Waals surface area contributed by atoms with Crippen molar-refractivity contribution < 1.29 is 18.0 Å². The Morgan fingerprint density at radius 1 is 0.829 bits per heavy atom. The first-order valence-electron chi connectivity index (χ1n) is 11.4. The number of rotatable bonds is 4. The van der Waals surface area contributed by atoms with Crippen molar-refractivity contribution in [2.75, 3.05) is 6.54 Å². The lowest BCUT2D eigenvalue weighted by Crippen LogP contribution is -2.39. The topological polar surface area (TPSA) is 83.6 Å². The van der Waals surface area contributed by atoms with Crippen molar-refractivity contribution in [2.45, 2.75) is 24.3 Å². The van der Waals surface area contributed by atoms with Crippen molar-refractivity contribution in [1.29, 1.82) is 0 Å². The first-order valence-corrected chi connectivity index (χ1v) is 12.9. The van der Waals surface area contributed by atoms with Gasteiger partial charge in [-0.2, -0.15) is 0 Å². The summed E-state index contributed by atoms with van der Waals surface area (Å²) in [5.74, 6) is -0.983. The molecular formula is C28H24N2O4S. The molecule has 0 saturated heterocycles. The summed E-state index contributed by atoms with van der Waals surface area (Å²) in [4.78, 5) is 27.9. The van der Waals surface area contributed by atoms with Crippen molar-refractivity contribution in [3.05, 3.63) is 113 Å². The number of fused-ring (bicyclic) bond motifs is 2. The van der Waals surface area contributed by atoms with Gasteiger partial charge < -0.3 is 4.90 Å². The lowest BCUT2D eigenvalue weighted by Gasteiger charge is -2.35. The van der Waals surface area contributed by atoms with E-state index >= 15 is 0 Å². The number of carbonyl (C=O) groups excluding carboxylic acids is 2. The number of nitrogens with zero attached hydrogens (tertiary/aromatic N) is 1. The summed E-state index contributed by atoms with van der Waals surface area (Å²) in [6.07, 6.45) is 0.760. The second-order valence-corrected chi connectivity index (χ2v) is 10.3. The molecule has 0 fully saturated rings. The molecule has 2 amide bonds. The predicted molar refractivity (Wildman–Crippen MR) is 135 cm³/mol. The fourth-order valence-electron chi connectivity index (χ4n) is 4.58. The summed E-state index contributed by atoms with van der Waals surface area (Å²) in [5.41, 5.74) is 2.79. The molecule has 1 aliphatic rings. The van der Waals surface area contributed by atoms with E-state index in [0.29, 0.717) is 12.1 Å². The first kappa shape index (κ1) is 22.8. The molecule has 7 heteroatoms. The van der Waals surface area contributed by atoms with Crippen LogP contribution in [0.3, 0.4) is 0 Å². The summed E-state index contributed by atoms with van der Waals surface area (Å²) in [7, 11) is -4.09. The Balaban J connectivity index is 1.36. The molecular weight excluding hydrogens is 460 g/mol. The molecule has 6 nitrogen and oxygen atoms in total. The standard InChI is InChI=1S/C28H24N2O4S/c1-19-26-12-5-4-8-21(26)15-16-30(19)28(32)24-11-6-10-23(17-24)27(31)29-35(33,34)25-14-13-20-7-2-3-9-22(20)18-25/h2-14,17-19H,15-16H2,1H3,(H,29,31). The molecule has 0 radical (unpaired) electrons. The summed E-state index contributed by atoms with van der Waals surface area (Å²) in [6, 6.07) is 26.2. The average molecular weight is 485 g/mol. The van der Waals surface area contributed by atoms with Gasteiger partial charge in [-0.15, -0.1) is 0 Å². The van der Waals surface area contributed by atoms with Crippen LogP contribution in [0.15, 0.2) is 95.9 Å². The van der Waals surface area contributed by atoms with Crippen molar-refractivity contribution in [3.8, 4) is 0 Å². The van der Waals surface area contributed by atoms with Gasteiger partial charge in [0.25, 0.3) is 21.8 Å². The van der Waals surface area contributed by atoms with Gasteiger partial charge in [0.1, 0.15) is 0 Å². The van der Waals surface area contributed by atoms with Gasteiger partial charge in [0.2, 0.25) is 0 Å². The second-order valence-electron chi connectivity index (χ2n) is 8.65. The Labute approximate surface area is 204 Å². The maximum atomic E-state index is 13.3. The fraction of sp³-hybridized carbons (Fsp3) is 0.143. The molecule has 1 heterocycles. The van der Waals surface area contributed by atoms with Crippen molar-refractivity contribution in [1.82, 2.24) is 9.62 Å². The maximum Gasteiger partial charge on any atom is 0.265 e. The lowest BCUT2D eigenvalue weighted by atomic mass is 9.93. The highest BCUT2D eigenvalue weighted by molar-refractivity contribution is 7.90. The predicted octanol–water partition coefficient (Wildman–Crippen LogP) is 4.72. The van der Waals surface area contributed by atoms with Gasteiger partial charge in [0.15, 0.2) is 0 Å². The van der Waals surface area contributed by atoms with E-state index in [1.807, 2.05) is 49.4 Å². The zero-order valence-corrected chi connectivity index (χ0v) is 20.0. The van der Waals surface area contributed by atoms with Crippen LogP contribution in [0.25, 0.3) is 10.8 Å². The number of hydrogen-bond acceptors (Lipinski definition) is 4. The number of nitrogens with one attached hydrogen (secondary N) is 1. The minimum absolute atomic E-state index is 0.00223. The van der Waals surface area contributed by atoms with E-state index in [-0.39, 0.29) is 22.4 Å². The van der Waals surface area contributed by atoms with E-state index in [4.69, 9.17) is 0 Å². The third kappa shape index (κ3) is 4.42. The Morgan fingerprint density at radius 2 is 1.54 bits per heavy atom. The van der Waals surface area contributed by atoms with Crippen molar-refractivity contribution >= 4 is 32.6 Å². The van der Waals surface area contributed by atoms with Gasteiger partial charge in [-0.1, -0.05) is 60.7 Å². The number of carbonyl (C=O) groups is 2. The lowest BCUT2D eigenvalue weighted by molar-refractivity contribution is 0.0677. The monoisotopic (exact) mass is 484 g/mol. The third-order valence-electron chi connectivity index (χ3n) is 6.49. The zero-order chi connectivity index (χ0) is 24.6. The Morgan fingerprint density at radius 3 is 2.37 bits per heavy atom. The van der Waals surface area contributed by atoms with Crippen molar-refractivity contribution in [3.63, 3.8) is 0 Å². The quantitative estimate of drug-likeness (QED) is 0.454. The van der Waals surface area contributed by atoms with Crippen LogP contribution in [0.4, 0.5) is 0 Å². The third-order valence-corrected chi connectivity index (χ3v) is 7.81. The van der Waals surface area contributed by atoms with Gasteiger partial charge in [0, 0.05) is 17.7 Å². The van der Waals surface area contributed by atoms with Crippen LogP contribution in [0.1, 0.15) is 44.8 Å². The smallest absolute Gasteiger partial charge is 0.265 e. The Hall–Kier alpha value is -3.97. The molecule has 0 saturated carbocycles. The normalized spacial score (nSPS) is 15.5. The Bertz CT molecular complexity index is 1560.